The van der Waals surface area contributed by atoms with Crippen LogP contribution >= 0.6 is 11.8 Å². The summed E-state index contributed by atoms with van der Waals surface area (Å²) < 4.78 is 29.1. The van der Waals surface area contributed by atoms with Gasteiger partial charge < -0.3 is 4.57 Å². The Morgan fingerprint density at radius 2 is 1.80 bits per heavy atom. The zero-order valence-corrected chi connectivity index (χ0v) is 15.0. The molecule has 3 aromatic rings. The van der Waals surface area contributed by atoms with E-state index in [1.807, 2.05) is 49.5 Å². The number of anilines is 1. The predicted molar refractivity (Wildman–Crippen MR) is 99.6 cm³/mol. The van der Waals surface area contributed by atoms with Crippen LogP contribution in [0.2, 0.25) is 0 Å². The Bertz CT molecular complexity index is 983. The van der Waals surface area contributed by atoms with Crippen molar-refractivity contribution in [2.45, 2.75) is 10.1 Å². The van der Waals surface area contributed by atoms with Gasteiger partial charge in [0.05, 0.1) is 11.1 Å². The highest BCUT2D eigenvalue weighted by Gasteiger charge is 2.12. The zero-order chi connectivity index (χ0) is 17.7. The molecule has 0 unspecified atom stereocenters. The number of hydrogen-bond donors (Lipinski definition) is 1. The van der Waals surface area contributed by atoms with E-state index < -0.39 is 10.0 Å². The number of aromatic nitrogens is 3. The molecule has 3 rings (SSSR count). The second-order valence-electron chi connectivity index (χ2n) is 5.18. The van der Waals surface area contributed by atoms with Gasteiger partial charge in [-0.05, 0) is 35.5 Å². The van der Waals surface area contributed by atoms with Gasteiger partial charge in [0.1, 0.15) is 6.33 Å². The monoisotopic (exact) mass is 372 g/mol. The minimum atomic E-state index is -3.63. The highest BCUT2D eigenvalue weighted by atomic mass is 32.2. The first-order valence-electron chi connectivity index (χ1n) is 7.40. The van der Waals surface area contributed by atoms with Gasteiger partial charge in [-0.1, -0.05) is 42.5 Å². The van der Waals surface area contributed by atoms with Gasteiger partial charge >= 0.3 is 0 Å². The van der Waals surface area contributed by atoms with Crippen LogP contribution in [0.4, 0.5) is 5.69 Å². The lowest BCUT2D eigenvalue weighted by molar-refractivity contribution is 0.609. The van der Waals surface area contributed by atoms with Crippen LogP contribution in [-0.2, 0) is 17.1 Å². The number of benzene rings is 2. The van der Waals surface area contributed by atoms with Crippen molar-refractivity contribution in [2.24, 2.45) is 7.05 Å². The average Bonchev–Trinajstić information content (AvgIpc) is 3.01. The standard InChI is InChI=1S/C17H16N4O2S2/c1-21-13-18-19-17(21)24-16-10-6-5-9-15(16)20-25(22,23)12-11-14-7-3-2-4-8-14/h2-13,20H,1H3/b12-11+. The van der Waals surface area contributed by atoms with Crippen LogP contribution in [0.1, 0.15) is 5.56 Å². The highest BCUT2D eigenvalue weighted by molar-refractivity contribution is 7.99. The SMILES string of the molecule is Cn1cnnc1Sc1ccccc1NS(=O)(=O)/C=C/c1ccccc1. The third-order valence-corrected chi connectivity index (χ3v) is 5.38. The van der Waals surface area contributed by atoms with Crippen molar-refractivity contribution in [3.8, 4) is 0 Å². The lowest BCUT2D eigenvalue weighted by Crippen LogP contribution is -2.09. The van der Waals surface area contributed by atoms with Gasteiger partial charge in [-0.25, -0.2) is 8.42 Å². The maximum Gasteiger partial charge on any atom is 0.255 e. The largest absolute Gasteiger partial charge is 0.311 e. The fourth-order valence-corrected chi connectivity index (χ4v) is 3.83. The molecule has 0 fully saturated rings. The lowest BCUT2D eigenvalue weighted by Gasteiger charge is -2.10. The van der Waals surface area contributed by atoms with E-state index in [1.54, 1.807) is 29.1 Å². The van der Waals surface area contributed by atoms with Crippen molar-refractivity contribution in [3.63, 3.8) is 0 Å². The van der Waals surface area contributed by atoms with E-state index in [-0.39, 0.29) is 0 Å². The van der Waals surface area contributed by atoms with Crippen molar-refractivity contribution in [3.05, 3.63) is 71.9 Å². The summed E-state index contributed by atoms with van der Waals surface area (Å²) in [5, 5.41) is 9.67. The molecule has 1 N–H and O–H groups in total. The van der Waals surface area contributed by atoms with Gasteiger partial charge in [-0.15, -0.1) is 10.2 Å². The quantitative estimate of drug-likeness (QED) is 0.718. The second kappa shape index (κ2) is 7.54. The van der Waals surface area contributed by atoms with Crippen LogP contribution in [0.15, 0.2) is 76.4 Å². The highest BCUT2D eigenvalue weighted by Crippen LogP contribution is 2.32. The van der Waals surface area contributed by atoms with Crippen LogP contribution in [0.5, 0.6) is 0 Å². The Labute approximate surface area is 150 Å². The van der Waals surface area contributed by atoms with E-state index in [0.717, 1.165) is 15.9 Å². The summed E-state index contributed by atoms with van der Waals surface area (Å²) >= 11 is 1.34. The molecular formula is C17H16N4O2S2. The molecule has 0 saturated heterocycles. The molecule has 0 bridgehead atoms. The zero-order valence-electron chi connectivity index (χ0n) is 13.4. The first kappa shape index (κ1) is 17.2. The molecule has 1 heterocycles. The molecule has 2 aromatic carbocycles. The molecule has 6 nitrogen and oxygen atoms in total. The van der Waals surface area contributed by atoms with E-state index >= 15 is 0 Å². The number of nitrogens with one attached hydrogen (secondary N) is 1. The molecule has 0 aliphatic heterocycles. The fourth-order valence-electron chi connectivity index (χ4n) is 2.02. The van der Waals surface area contributed by atoms with Gasteiger partial charge in [-0.2, -0.15) is 0 Å². The molecule has 0 atom stereocenters. The normalized spacial score (nSPS) is 11.7. The number of para-hydroxylation sites is 1. The molecule has 0 amide bonds. The Hall–Kier alpha value is -2.58. The number of aryl methyl sites for hydroxylation is 1. The van der Waals surface area contributed by atoms with Crippen LogP contribution < -0.4 is 4.72 Å². The molecular weight excluding hydrogens is 356 g/mol. The van der Waals surface area contributed by atoms with Crippen LogP contribution in [-0.4, -0.2) is 23.2 Å². The molecule has 8 heteroatoms. The Morgan fingerprint density at radius 1 is 1.08 bits per heavy atom. The van der Waals surface area contributed by atoms with Gasteiger partial charge in [-0.3, -0.25) is 4.72 Å². The van der Waals surface area contributed by atoms with Crippen molar-refractivity contribution < 1.29 is 8.42 Å². The number of hydrogen-bond acceptors (Lipinski definition) is 5. The summed E-state index contributed by atoms with van der Waals surface area (Å²) in [7, 11) is -1.80. The third-order valence-electron chi connectivity index (χ3n) is 3.25. The number of rotatable bonds is 6. The second-order valence-corrected chi connectivity index (χ2v) is 7.76. The van der Waals surface area contributed by atoms with Crippen LogP contribution in [0, 0.1) is 0 Å². The maximum atomic E-state index is 12.4. The molecule has 128 valence electrons. The summed E-state index contributed by atoms with van der Waals surface area (Å²) in [4.78, 5) is 0.746. The Morgan fingerprint density at radius 3 is 2.52 bits per heavy atom. The first-order chi connectivity index (χ1) is 12.0. The molecule has 25 heavy (non-hydrogen) atoms. The van der Waals surface area contributed by atoms with E-state index in [1.165, 1.54) is 11.8 Å². The number of sulfonamides is 1. The molecule has 0 aliphatic carbocycles. The predicted octanol–water partition coefficient (Wildman–Crippen LogP) is 3.38. The van der Waals surface area contributed by atoms with Gasteiger partial charge in [0.2, 0.25) is 0 Å². The summed E-state index contributed by atoms with van der Waals surface area (Å²) in [5.41, 5.74) is 1.31. The van der Waals surface area contributed by atoms with Gasteiger partial charge in [0.15, 0.2) is 5.16 Å². The van der Waals surface area contributed by atoms with Crippen molar-refractivity contribution in [1.29, 1.82) is 0 Å². The van der Waals surface area contributed by atoms with Crippen LogP contribution in [0.25, 0.3) is 6.08 Å². The Balaban J connectivity index is 1.80. The van der Waals surface area contributed by atoms with Crippen molar-refractivity contribution in [1.82, 2.24) is 14.8 Å². The van der Waals surface area contributed by atoms with Crippen molar-refractivity contribution in [2.75, 3.05) is 4.72 Å². The molecule has 0 saturated carbocycles. The topological polar surface area (TPSA) is 76.9 Å². The van der Waals surface area contributed by atoms with Crippen molar-refractivity contribution >= 4 is 33.5 Å². The minimum Gasteiger partial charge on any atom is -0.311 e. The molecule has 0 spiro atoms. The van der Waals surface area contributed by atoms with Gasteiger partial charge in [0, 0.05) is 11.9 Å². The summed E-state index contributed by atoms with van der Waals surface area (Å²) in [6.07, 6.45) is 3.15. The summed E-state index contributed by atoms with van der Waals surface area (Å²) in [5.74, 6) is 0. The molecule has 0 radical (unpaired) electrons. The average molecular weight is 372 g/mol. The van der Waals surface area contributed by atoms with E-state index in [0.29, 0.717) is 10.8 Å². The van der Waals surface area contributed by atoms with E-state index in [2.05, 4.69) is 14.9 Å². The molecule has 1 aromatic heterocycles. The first-order valence-corrected chi connectivity index (χ1v) is 9.77. The summed E-state index contributed by atoms with van der Waals surface area (Å²) in [6, 6.07) is 16.4. The maximum absolute atomic E-state index is 12.4. The van der Waals surface area contributed by atoms with E-state index in [9.17, 15) is 8.42 Å². The van der Waals surface area contributed by atoms with E-state index in [4.69, 9.17) is 0 Å². The molecule has 0 aliphatic rings. The smallest absolute Gasteiger partial charge is 0.255 e. The lowest BCUT2D eigenvalue weighted by atomic mass is 10.2. The van der Waals surface area contributed by atoms with Crippen LogP contribution in [0.3, 0.4) is 0 Å². The fraction of sp³-hybridized carbons (Fsp3) is 0.0588. The third kappa shape index (κ3) is 4.71. The number of nitrogens with zero attached hydrogens (tertiary/aromatic N) is 3. The van der Waals surface area contributed by atoms with Gasteiger partial charge in [0.25, 0.3) is 10.0 Å². The Kier molecular flexibility index (Phi) is 5.20. The summed E-state index contributed by atoms with van der Waals surface area (Å²) in [6.45, 7) is 0. The minimum absolute atomic E-state index is 0.494.